The number of pyridine rings is 1. The van der Waals surface area contributed by atoms with E-state index in [0.717, 1.165) is 22.0 Å². The smallest absolute Gasteiger partial charge is 0.119 e. The first-order valence-electron chi connectivity index (χ1n) is 6.74. The molecule has 4 heteroatoms. The number of nitrogens with zero attached hydrogens (tertiary/aromatic N) is 3. The molecular formula is C17H15N3S. The number of benzene rings is 1. The summed E-state index contributed by atoms with van der Waals surface area (Å²) >= 11 is 1.69. The van der Waals surface area contributed by atoms with E-state index < -0.39 is 0 Å². The molecule has 0 fully saturated rings. The summed E-state index contributed by atoms with van der Waals surface area (Å²) < 4.78 is 0. The van der Waals surface area contributed by atoms with Gasteiger partial charge in [-0.25, -0.2) is 0 Å². The molecule has 0 N–H and O–H groups in total. The lowest BCUT2D eigenvalue weighted by Gasteiger charge is -2.03. The summed E-state index contributed by atoms with van der Waals surface area (Å²) in [5, 5.41) is 9.47. The van der Waals surface area contributed by atoms with Crippen molar-refractivity contribution in [3.63, 3.8) is 0 Å². The maximum absolute atomic E-state index is 4.27. The highest BCUT2D eigenvalue weighted by Crippen LogP contribution is 2.22. The van der Waals surface area contributed by atoms with Crippen molar-refractivity contribution in [2.24, 2.45) is 0 Å². The van der Waals surface area contributed by atoms with E-state index in [4.69, 9.17) is 0 Å². The molecule has 0 amide bonds. The first-order chi connectivity index (χ1) is 10.3. The van der Waals surface area contributed by atoms with Crippen LogP contribution < -0.4 is 0 Å². The van der Waals surface area contributed by atoms with Gasteiger partial charge >= 0.3 is 0 Å². The minimum Gasteiger partial charge on any atom is -0.264 e. The minimum atomic E-state index is 0.850. The molecule has 0 atom stereocenters. The highest BCUT2D eigenvalue weighted by atomic mass is 32.2. The van der Waals surface area contributed by atoms with Gasteiger partial charge in [0.1, 0.15) is 5.03 Å². The van der Waals surface area contributed by atoms with E-state index in [1.54, 1.807) is 24.2 Å². The molecule has 0 saturated carbocycles. The van der Waals surface area contributed by atoms with Gasteiger partial charge in [-0.15, -0.1) is 10.2 Å². The molecule has 0 aliphatic rings. The fourth-order valence-electron chi connectivity index (χ4n) is 1.91. The zero-order valence-corrected chi connectivity index (χ0v) is 12.5. The molecule has 0 spiro atoms. The molecule has 3 rings (SSSR count). The van der Waals surface area contributed by atoms with Crippen molar-refractivity contribution in [3.05, 3.63) is 72.1 Å². The summed E-state index contributed by atoms with van der Waals surface area (Å²) in [6.45, 7) is 2.10. The van der Waals surface area contributed by atoms with Crippen molar-refractivity contribution in [3.8, 4) is 11.3 Å². The highest BCUT2D eigenvalue weighted by molar-refractivity contribution is 7.98. The predicted molar refractivity (Wildman–Crippen MR) is 86.0 cm³/mol. The first kappa shape index (κ1) is 13.8. The maximum Gasteiger partial charge on any atom is 0.119 e. The Labute approximate surface area is 128 Å². The maximum atomic E-state index is 4.27. The van der Waals surface area contributed by atoms with Gasteiger partial charge in [0.25, 0.3) is 0 Å². The van der Waals surface area contributed by atoms with Gasteiger partial charge in [0.05, 0.1) is 5.69 Å². The lowest BCUT2D eigenvalue weighted by molar-refractivity contribution is 0.934. The monoisotopic (exact) mass is 293 g/mol. The number of rotatable bonds is 4. The van der Waals surface area contributed by atoms with Crippen molar-refractivity contribution in [1.82, 2.24) is 15.2 Å². The molecule has 3 nitrogen and oxygen atoms in total. The van der Waals surface area contributed by atoms with Crippen molar-refractivity contribution in [2.75, 3.05) is 0 Å². The van der Waals surface area contributed by atoms with Crippen LogP contribution in [0.3, 0.4) is 0 Å². The second kappa shape index (κ2) is 6.50. The van der Waals surface area contributed by atoms with E-state index in [9.17, 15) is 0 Å². The third-order valence-corrected chi connectivity index (χ3v) is 4.10. The van der Waals surface area contributed by atoms with Gasteiger partial charge in [0.2, 0.25) is 0 Å². The van der Waals surface area contributed by atoms with E-state index in [1.807, 2.05) is 24.3 Å². The average molecular weight is 293 g/mol. The van der Waals surface area contributed by atoms with Crippen molar-refractivity contribution in [2.45, 2.75) is 17.7 Å². The van der Waals surface area contributed by atoms with Gasteiger partial charge in [-0.1, -0.05) is 41.6 Å². The Balaban J connectivity index is 1.66. The van der Waals surface area contributed by atoms with Gasteiger partial charge in [0, 0.05) is 23.7 Å². The second-order valence-electron chi connectivity index (χ2n) is 4.77. The number of thioether (sulfide) groups is 1. The molecule has 0 radical (unpaired) electrons. The molecule has 1 aromatic carbocycles. The SMILES string of the molecule is Cc1ccc(CSc2ccc(-c3cccnc3)nn2)cc1. The normalized spacial score (nSPS) is 10.5. The summed E-state index contributed by atoms with van der Waals surface area (Å²) in [7, 11) is 0. The topological polar surface area (TPSA) is 38.7 Å². The molecule has 0 unspecified atom stereocenters. The predicted octanol–water partition coefficient (Wildman–Crippen LogP) is 4.14. The van der Waals surface area contributed by atoms with Gasteiger partial charge in [0.15, 0.2) is 0 Å². The van der Waals surface area contributed by atoms with E-state index in [1.165, 1.54) is 11.1 Å². The summed E-state index contributed by atoms with van der Waals surface area (Å²) in [4.78, 5) is 4.09. The van der Waals surface area contributed by atoms with Crippen LogP contribution in [0.2, 0.25) is 0 Å². The van der Waals surface area contributed by atoms with Gasteiger partial charge < -0.3 is 0 Å². The molecule has 0 aliphatic heterocycles. The van der Waals surface area contributed by atoms with Crippen LogP contribution in [0, 0.1) is 6.92 Å². The van der Waals surface area contributed by atoms with Crippen molar-refractivity contribution < 1.29 is 0 Å². The zero-order chi connectivity index (χ0) is 14.5. The Morgan fingerprint density at radius 1 is 0.952 bits per heavy atom. The van der Waals surface area contributed by atoms with Crippen LogP contribution in [0.1, 0.15) is 11.1 Å². The molecule has 2 heterocycles. The lowest BCUT2D eigenvalue weighted by Crippen LogP contribution is -1.90. The third-order valence-electron chi connectivity index (χ3n) is 3.10. The molecule has 0 bridgehead atoms. The molecule has 104 valence electrons. The van der Waals surface area contributed by atoms with Crippen LogP contribution in [0.5, 0.6) is 0 Å². The molecule has 3 aromatic rings. The van der Waals surface area contributed by atoms with Crippen LogP contribution in [0.4, 0.5) is 0 Å². The summed E-state index contributed by atoms with van der Waals surface area (Å²) in [6, 6.07) is 16.4. The van der Waals surface area contributed by atoms with Crippen molar-refractivity contribution in [1.29, 1.82) is 0 Å². The van der Waals surface area contributed by atoms with E-state index >= 15 is 0 Å². The zero-order valence-electron chi connectivity index (χ0n) is 11.7. The Kier molecular flexibility index (Phi) is 4.26. The second-order valence-corrected chi connectivity index (χ2v) is 5.77. The Bertz CT molecular complexity index is 694. The molecular weight excluding hydrogens is 278 g/mol. The van der Waals surface area contributed by atoms with Gasteiger partial charge in [-0.2, -0.15) is 0 Å². The standard InChI is InChI=1S/C17H15N3S/c1-13-4-6-14(7-5-13)12-21-17-9-8-16(19-20-17)15-3-2-10-18-11-15/h2-11H,12H2,1H3. The number of aryl methyl sites for hydroxylation is 1. The number of hydrogen-bond acceptors (Lipinski definition) is 4. The Morgan fingerprint density at radius 2 is 1.81 bits per heavy atom. The van der Waals surface area contributed by atoms with Crippen LogP contribution in [-0.2, 0) is 5.75 Å². The van der Waals surface area contributed by atoms with E-state index in [2.05, 4.69) is 46.4 Å². The Morgan fingerprint density at radius 3 is 2.48 bits per heavy atom. The first-order valence-corrected chi connectivity index (χ1v) is 7.72. The third kappa shape index (κ3) is 3.67. The molecule has 0 aliphatic carbocycles. The van der Waals surface area contributed by atoms with E-state index in [0.29, 0.717) is 0 Å². The average Bonchev–Trinajstić information content (AvgIpc) is 2.56. The van der Waals surface area contributed by atoms with Crippen LogP contribution in [-0.4, -0.2) is 15.2 Å². The quantitative estimate of drug-likeness (QED) is 0.678. The lowest BCUT2D eigenvalue weighted by atomic mass is 10.2. The number of hydrogen-bond donors (Lipinski definition) is 0. The number of aromatic nitrogens is 3. The largest absolute Gasteiger partial charge is 0.264 e. The Hall–Kier alpha value is -2.20. The highest BCUT2D eigenvalue weighted by Gasteiger charge is 2.02. The summed E-state index contributed by atoms with van der Waals surface area (Å²) in [5.41, 5.74) is 4.41. The fraction of sp³-hybridized carbons (Fsp3) is 0.118. The van der Waals surface area contributed by atoms with Gasteiger partial charge in [-0.3, -0.25) is 4.98 Å². The van der Waals surface area contributed by atoms with Crippen molar-refractivity contribution >= 4 is 11.8 Å². The summed E-state index contributed by atoms with van der Waals surface area (Å²) in [5.74, 6) is 0.904. The summed E-state index contributed by atoms with van der Waals surface area (Å²) in [6.07, 6.45) is 3.55. The van der Waals surface area contributed by atoms with Crippen LogP contribution >= 0.6 is 11.8 Å². The molecule has 21 heavy (non-hydrogen) atoms. The van der Waals surface area contributed by atoms with Crippen LogP contribution in [0.25, 0.3) is 11.3 Å². The molecule has 2 aromatic heterocycles. The van der Waals surface area contributed by atoms with Crippen LogP contribution in [0.15, 0.2) is 66.0 Å². The minimum absolute atomic E-state index is 0.850. The molecule has 0 saturated heterocycles. The van der Waals surface area contributed by atoms with Gasteiger partial charge in [-0.05, 0) is 36.8 Å². The fourth-order valence-corrected chi connectivity index (χ4v) is 2.68. The van der Waals surface area contributed by atoms with E-state index in [-0.39, 0.29) is 0 Å².